The number of nitrogens with one attached hydrogen (secondary N) is 1. The van der Waals surface area contributed by atoms with Gasteiger partial charge < -0.3 is 5.32 Å². The summed E-state index contributed by atoms with van der Waals surface area (Å²) in [5.74, 6) is -0.366. The molecule has 0 saturated heterocycles. The molecule has 0 saturated carbocycles. The van der Waals surface area contributed by atoms with Crippen molar-refractivity contribution >= 4 is 40.5 Å². The van der Waals surface area contributed by atoms with Crippen molar-refractivity contribution in [2.24, 2.45) is 0 Å². The first-order chi connectivity index (χ1) is 10.3. The van der Waals surface area contributed by atoms with Gasteiger partial charge in [-0.15, -0.1) is 0 Å². The number of benzene rings is 2. The fourth-order valence-electron chi connectivity index (χ4n) is 1.85. The normalized spacial score (nSPS) is 10.4. The average Bonchev–Trinajstić information content (AvgIpc) is 2.45. The van der Waals surface area contributed by atoms with Crippen molar-refractivity contribution in [1.29, 1.82) is 0 Å². The van der Waals surface area contributed by atoms with Crippen LogP contribution in [-0.4, -0.2) is 10.8 Å². The molecule has 22 heavy (non-hydrogen) atoms. The van der Waals surface area contributed by atoms with E-state index in [4.69, 9.17) is 23.2 Å². The van der Waals surface area contributed by atoms with Crippen LogP contribution < -0.4 is 5.32 Å². The number of hydrogen-bond acceptors (Lipinski definition) is 3. The molecule has 0 aliphatic heterocycles. The Morgan fingerprint density at radius 3 is 2.36 bits per heavy atom. The number of nitrogens with zero attached hydrogens (tertiary/aromatic N) is 1. The van der Waals surface area contributed by atoms with E-state index < -0.39 is 4.92 Å². The fraction of sp³-hybridized carbons (Fsp3) is 0.133. The highest BCUT2D eigenvalue weighted by molar-refractivity contribution is 6.37. The van der Waals surface area contributed by atoms with Gasteiger partial charge >= 0.3 is 0 Å². The van der Waals surface area contributed by atoms with E-state index in [1.165, 1.54) is 6.07 Å². The molecule has 0 spiro atoms. The van der Waals surface area contributed by atoms with E-state index in [9.17, 15) is 14.9 Å². The maximum atomic E-state index is 12.2. The van der Waals surface area contributed by atoms with Gasteiger partial charge in [0.1, 0.15) is 5.02 Å². The maximum Gasteiger partial charge on any atom is 0.289 e. The molecule has 0 atom stereocenters. The molecular weight excluding hydrogens is 327 g/mol. The maximum absolute atomic E-state index is 12.2. The van der Waals surface area contributed by atoms with Gasteiger partial charge in [0.25, 0.3) is 11.6 Å². The SMILES string of the molecule is Cc1ccc(C(=O)Nc2cc(Cl)c([N+](=O)[O-])cc2Cl)cc1C. The topological polar surface area (TPSA) is 72.2 Å². The summed E-state index contributed by atoms with van der Waals surface area (Å²) in [4.78, 5) is 22.4. The van der Waals surface area contributed by atoms with Crippen LogP contribution >= 0.6 is 23.2 Å². The molecule has 0 aliphatic carbocycles. The minimum Gasteiger partial charge on any atom is -0.321 e. The monoisotopic (exact) mass is 338 g/mol. The second kappa shape index (κ2) is 6.34. The second-order valence-electron chi connectivity index (χ2n) is 4.79. The smallest absolute Gasteiger partial charge is 0.289 e. The van der Waals surface area contributed by atoms with Gasteiger partial charge in [0.2, 0.25) is 0 Å². The molecule has 0 unspecified atom stereocenters. The van der Waals surface area contributed by atoms with Crippen LogP contribution in [0.4, 0.5) is 11.4 Å². The molecule has 5 nitrogen and oxygen atoms in total. The molecular formula is C15H12Cl2N2O3. The Morgan fingerprint density at radius 2 is 1.77 bits per heavy atom. The summed E-state index contributed by atoms with van der Waals surface area (Å²) in [6, 6.07) is 7.67. The summed E-state index contributed by atoms with van der Waals surface area (Å²) < 4.78 is 0. The predicted molar refractivity (Wildman–Crippen MR) is 87.0 cm³/mol. The highest BCUT2D eigenvalue weighted by atomic mass is 35.5. The van der Waals surface area contributed by atoms with E-state index in [1.807, 2.05) is 19.9 Å². The van der Waals surface area contributed by atoms with Crippen LogP contribution in [0.25, 0.3) is 0 Å². The lowest BCUT2D eigenvalue weighted by atomic mass is 10.1. The Bertz CT molecular complexity index is 776. The van der Waals surface area contributed by atoms with Crippen LogP contribution in [0.2, 0.25) is 10.0 Å². The largest absolute Gasteiger partial charge is 0.321 e. The zero-order valence-corrected chi connectivity index (χ0v) is 13.3. The van der Waals surface area contributed by atoms with Crippen molar-refractivity contribution in [2.45, 2.75) is 13.8 Å². The van der Waals surface area contributed by atoms with Crippen molar-refractivity contribution in [2.75, 3.05) is 5.32 Å². The molecule has 114 valence electrons. The van der Waals surface area contributed by atoms with E-state index in [0.29, 0.717) is 5.56 Å². The molecule has 0 radical (unpaired) electrons. The van der Waals surface area contributed by atoms with Gasteiger partial charge in [-0.2, -0.15) is 0 Å². The molecule has 0 fully saturated rings. The summed E-state index contributed by atoms with van der Waals surface area (Å²) in [5.41, 5.74) is 2.44. The minimum absolute atomic E-state index is 0.0493. The summed E-state index contributed by atoms with van der Waals surface area (Å²) in [5, 5.41) is 13.3. The lowest BCUT2D eigenvalue weighted by Gasteiger charge is -2.09. The van der Waals surface area contributed by atoms with Gasteiger partial charge in [0.05, 0.1) is 15.6 Å². The number of hydrogen-bond donors (Lipinski definition) is 1. The number of aryl methyl sites for hydroxylation is 2. The third-order valence-electron chi connectivity index (χ3n) is 3.25. The van der Waals surface area contributed by atoms with Crippen LogP contribution in [0.5, 0.6) is 0 Å². The van der Waals surface area contributed by atoms with E-state index in [1.54, 1.807) is 12.1 Å². The van der Waals surface area contributed by atoms with Crippen LogP contribution in [0.15, 0.2) is 30.3 Å². The molecule has 0 aromatic heterocycles. The first-order valence-corrected chi connectivity index (χ1v) is 7.07. The number of halogens is 2. The number of carbonyl (C=O) groups is 1. The predicted octanol–water partition coefficient (Wildman–Crippen LogP) is 4.77. The number of amides is 1. The molecule has 1 amide bonds. The van der Waals surface area contributed by atoms with Gasteiger partial charge in [0, 0.05) is 11.6 Å². The minimum atomic E-state index is -0.636. The van der Waals surface area contributed by atoms with E-state index in [2.05, 4.69) is 5.32 Å². The number of nitro groups is 1. The standard InChI is InChI=1S/C15H12Cl2N2O3/c1-8-3-4-10(5-9(8)2)15(20)18-13-6-12(17)14(19(21)22)7-11(13)16/h3-7H,1-2H3,(H,18,20). The summed E-state index contributed by atoms with van der Waals surface area (Å²) >= 11 is 11.8. The fourth-order valence-corrected chi connectivity index (χ4v) is 2.29. The Kier molecular flexibility index (Phi) is 4.68. The number of nitro benzene ring substituents is 1. The third-order valence-corrected chi connectivity index (χ3v) is 3.87. The third kappa shape index (κ3) is 3.37. The zero-order valence-electron chi connectivity index (χ0n) is 11.8. The molecule has 2 aromatic carbocycles. The number of carbonyl (C=O) groups excluding carboxylic acids is 1. The Hall–Kier alpha value is -2.11. The van der Waals surface area contributed by atoms with Gasteiger partial charge in [-0.3, -0.25) is 14.9 Å². The van der Waals surface area contributed by atoms with Gasteiger partial charge in [-0.05, 0) is 43.2 Å². The van der Waals surface area contributed by atoms with E-state index in [0.717, 1.165) is 17.2 Å². The van der Waals surface area contributed by atoms with Crippen molar-refractivity contribution in [3.8, 4) is 0 Å². The first kappa shape index (κ1) is 16.3. The van der Waals surface area contributed by atoms with Crippen molar-refractivity contribution < 1.29 is 9.72 Å². The summed E-state index contributed by atoms with van der Waals surface area (Å²) in [6.07, 6.45) is 0. The molecule has 7 heteroatoms. The molecule has 2 rings (SSSR count). The summed E-state index contributed by atoms with van der Waals surface area (Å²) in [7, 11) is 0. The highest BCUT2D eigenvalue weighted by Crippen LogP contribution is 2.34. The van der Waals surface area contributed by atoms with Crippen LogP contribution in [0.3, 0.4) is 0 Å². The first-order valence-electron chi connectivity index (χ1n) is 6.31. The molecule has 0 bridgehead atoms. The average molecular weight is 339 g/mol. The zero-order chi connectivity index (χ0) is 16.4. The molecule has 1 N–H and O–H groups in total. The second-order valence-corrected chi connectivity index (χ2v) is 5.61. The molecule has 2 aromatic rings. The van der Waals surface area contributed by atoms with Crippen LogP contribution in [-0.2, 0) is 0 Å². The van der Waals surface area contributed by atoms with Gasteiger partial charge in [-0.1, -0.05) is 29.3 Å². The Labute approximate surface area is 137 Å². The molecule has 0 aliphatic rings. The van der Waals surface area contributed by atoms with E-state index in [-0.39, 0.29) is 27.3 Å². The van der Waals surface area contributed by atoms with Gasteiger partial charge in [-0.25, -0.2) is 0 Å². The quantitative estimate of drug-likeness (QED) is 0.647. The Morgan fingerprint density at radius 1 is 1.09 bits per heavy atom. The highest BCUT2D eigenvalue weighted by Gasteiger charge is 2.17. The lowest BCUT2D eigenvalue weighted by Crippen LogP contribution is -2.12. The van der Waals surface area contributed by atoms with Crippen molar-refractivity contribution in [3.63, 3.8) is 0 Å². The lowest BCUT2D eigenvalue weighted by molar-refractivity contribution is -0.384. The molecule has 0 heterocycles. The number of anilines is 1. The van der Waals surface area contributed by atoms with Crippen LogP contribution in [0.1, 0.15) is 21.5 Å². The van der Waals surface area contributed by atoms with E-state index >= 15 is 0 Å². The van der Waals surface area contributed by atoms with Crippen LogP contribution in [0, 0.1) is 24.0 Å². The number of rotatable bonds is 3. The summed E-state index contributed by atoms with van der Waals surface area (Å²) in [6.45, 7) is 3.85. The van der Waals surface area contributed by atoms with Gasteiger partial charge in [0.15, 0.2) is 0 Å². The van der Waals surface area contributed by atoms with Crippen molar-refractivity contribution in [1.82, 2.24) is 0 Å². The van der Waals surface area contributed by atoms with Crippen molar-refractivity contribution in [3.05, 3.63) is 67.2 Å². The Balaban J connectivity index is 2.30.